The normalized spacial score (nSPS) is 16.3. The van der Waals surface area contributed by atoms with Crippen LogP contribution in [0.15, 0.2) is 28.8 Å². The molecule has 1 aromatic heterocycles. The minimum atomic E-state index is -0.333. The molecule has 0 saturated carbocycles. The van der Waals surface area contributed by atoms with Crippen LogP contribution in [0.5, 0.6) is 5.75 Å². The number of hydrogen-bond acceptors (Lipinski definition) is 6. The molecule has 136 valence electrons. The smallest absolute Gasteiger partial charge is 0.249 e. The van der Waals surface area contributed by atoms with Crippen molar-refractivity contribution in [1.82, 2.24) is 20.8 Å². The molecule has 0 spiro atoms. The second-order valence-electron chi connectivity index (χ2n) is 6.13. The van der Waals surface area contributed by atoms with Crippen LogP contribution >= 0.6 is 12.4 Å². The first-order chi connectivity index (χ1) is 11.6. The number of benzene rings is 1. The van der Waals surface area contributed by atoms with Gasteiger partial charge in [-0.1, -0.05) is 24.2 Å². The summed E-state index contributed by atoms with van der Waals surface area (Å²) in [5.74, 6) is 1.96. The van der Waals surface area contributed by atoms with E-state index in [2.05, 4.69) is 20.8 Å². The average molecular weight is 367 g/mol. The topological polar surface area (TPSA) is 89.3 Å². The Labute approximate surface area is 152 Å². The quantitative estimate of drug-likeness (QED) is 0.814. The van der Waals surface area contributed by atoms with Gasteiger partial charge < -0.3 is 19.9 Å². The van der Waals surface area contributed by atoms with Crippen molar-refractivity contribution in [3.8, 4) is 17.1 Å². The fourth-order valence-electron chi connectivity index (χ4n) is 2.58. The highest BCUT2D eigenvalue weighted by Crippen LogP contribution is 2.23. The van der Waals surface area contributed by atoms with Gasteiger partial charge in [0.25, 0.3) is 0 Å². The van der Waals surface area contributed by atoms with Crippen molar-refractivity contribution in [2.24, 2.45) is 11.8 Å². The number of amides is 1. The summed E-state index contributed by atoms with van der Waals surface area (Å²) in [6.07, 6.45) is 0. The van der Waals surface area contributed by atoms with Crippen LogP contribution in [0.3, 0.4) is 0 Å². The van der Waals surface area contributed by atoms with Gasteiger partial charge in [0, 0.05) is 11.5 Å². The molecule has 1 amide bonds. The highest BCUT2D eigenvalue weighted by molar-refractivity contribution is 5.85. The van der Waals surface area contributed by atoms with Crippen LogP contribution in [-0.2, 0) is 4.79 Å². The van der Waals surface area contributed by atoms with E-state index >= 15 is 0 Å². The van der Waals surface area contributed by atoms with Crippen LogP contribution < -0.4 is 15.4 Å². The molecule has 1 fully saturated rings. The lowest BCUT2D eigenvalue weighted by Gasteiger charge is -2.32. The Morgan fingerprint density at radius 3 is 2.80 bits per heavy atom. The number of rotatable bonds is 6. The highest BCUT2D eigenvalue weighted by atomic mass is 35.5. The summed E-state index contributed by atoms with van der Waals surface area (Å²) in [4.78, 5) is 16.7. The number of hydrogen-bond donors (Lipinski definition) is 2. The van der Waals surface area contributed by atoms with Gasteiger partial charge in [0.1, 0.15) is 11.8 Å². The molecule has 2 atom stereocenters. The summed E-state index contributed by atoms with van der Waals surface area (Å²) in [6, 6.07) is 7.10. The predicted molar refractivity (Wildman–Crippen MR) is 95.6 cm³/mol. The summed E-state index contributed by atoms with van der Waals surface area (Å²) in [5, 5.41) is 10.1. The minimum Gasteiger partial charge on any atom is -0.497 e. The van der Waals surface area contributed by atoms with E-state index in [-0.39, 0.29) is 30.3 Å². The first kappa shape index (κ1) is 19.2. The molecule has 1 aliphatic rings. The lowest BCUT2D eigenvalue weighted by Crippen LogP contribution is -2.49. The molecule has 2 aromatic rings. The van der Waals surface area contributed by atoms with Gasteiger partial charge in [-0.2, -0.15) is 4.98 Å². The van der Waals surface area contributed by atoms with Crippen molar-refractivity contribution >= 4 is 18.3 Å². The Hall–Kier alpha value is -2.12. The summed E-state index contributed by atoms with van der Waals surface area (Å²) < 4.78 is 10.5. The Kier molecular flexibility index (Phi) is 6.39. The third-order valence-corrected chi connectivity index (χ3v) is 4.43. The van der Waals surface area contributed by atoms with E-state index in [1.807, 2.05) is 38.1 Å². The Morgan fingerprint density at radius 2 is 2.16 bits per heavy atom. The number of aromatic nitrogens is 2. The van der Waals surface area contributed by atoms with Crippen molar-refractivity contribution in [2.75, 3.05) is 20.2 Å². The molecule has 2 unspecified atom stereocenters. The number of nitrogens with zero attached hydrogens (tertiary/aromatic N) is 2. The van der Waals surface area contributed by atoms with E-state index in [0.29, 0.717) is 17.6 Å². The first-order valence-electron chi connectivity index (χ1n) is 8.07. The molecule has 25 heavy (non-hydrogen) atoms. The summed E-state index contributed by atoms with van der Waals surface area (Å²) in [7, 11) is 1.61. The molecular formula is C17H23ClN4O3. The van der Waals surface area contributed by atoms with Crippen molar-refractivity contribution in [2.45, 2.75) is 19.9 Å². The molecular weight excluding hydrogens is 344 g/mol. The third-order valence-electron chi connectivity index (χ3n) is 4.43. The van der Waals surface area contributed by atoms with Gasteiger partial charge in [-0.3, -0.25) is 4.79 Å². The molecule has 1 aliphatic heterocycles. The van der Waals surface area contributed by atoms with E-state index < -0.39 is 0 Å². The van der Waals surface area contributed by atoms with E-state index in [1.54, 1.807) is 7.11 Å². The monoisotopic (exact) mass is 366 g/mol. The third kappa shape index (κ3) is 4.29. The fourth-order valence-corrected chi connectivity index (χ4v) is 2.58. The number of carbonyl (C=O) groups is 1. The van der Waals surface area contributed by atoms with Crippen LogP contribution in [0, 0.1) is 11.8 Å². The van der Waals surface area contributed by atoms with Crippen LogP contribution in [-0.4, -0.2) is 36.2 Å². The van der Waals surface area contributed by atoms with Crippen LogP contribution in [0.25, 0.3) is 11.4 Å². The maximum Gasteiger partial charge on any atom is 0.249 e. The van der Waals surface area contributed by atoms with Crippen LogP contribution in [0.2, 0.25) is 0 Å². The van der Waals surface area contributed by atoms with Crippen molar-refractivity contribution < 1.29 is 14.1 Å². The largest absolute Gasteiger partial charge is 0.497 e. The maximum absolute atomic E-state index is 12.3. The second-order valence-corrected chi connectivity index (χ2v) is 6.13. The molecule has 1 saturated heterocycles. The van der Waals surface area contributed by atoms with Gasteiger partial charge in [0.2, 0.25) is 17.6 Å². The average Bonchev–Trinajstić information content (AvgIpc) is 3.03. The van der Waals surface area contributed by atoms with E-state index in [4.69, 9.17) is 9.26 Å². The first-order valence-corrected chi connectivity index (χ1v) is 8.07. The Balaban J connectivity index is 0.00000225. The molecule has 2 heterocycles. The standard InChI is InChI=1S/C17H22N4O3.ClH/c1-10(13-8-18-9-13)16(22)19-11(2)17-20-15(21-24-17)12-5-4-6-14(7-12)23-3;/h4-7,10-11,13,18H,8-9H2,1-3H3,(H,19,22);1H. The number of halogens is 1. The molecule has 3 rings (SSSR count). The number of methoxy groups -OCH3 is 1. The maximum atomic E-state index is 12.3. The summed E-state index contributed by atoms with van der Waals surface area (Å²) >= 11 is 0. The zero-order chi connectivity index (χ0) is 17.1. The van der Waals surface area contributed by atoms with Crippen LogP contribution in [0.4, 0.5) is 0 Å². The molecule has 0 aliphatic carbocycles. The Morgan fingerprint density at radius 1 is 1.40 bits per heavy atom. The summed E-state index contributed by atoms with van der Waals surface area (Å²) in [6.45, 7) is 5.57. The molecule has 8 heteroatoms. The zero-order valence-corrected chi connectivity index (χ0v) is 15.3. The van der Waals surface area contributed by atoms with Gasteiger partial charge in [0.15, 0.2) is 0 Å². The van der Waals surface area contributed by atoms with E-state index in [0.717, 1.165) is 24.4 Å². The van der Waals surface area contributed by atoms with Crippen molar-refractivity contribution in [3.05, 3.63) is 30.2 Å². The van der Waals surface area contributed by atoms with Crippen molar-refractivity contribution in [1.29, 1.82) is 0 Å². The van der Waals surface area contributed by atoms with E-state index in [9.17, 15) is 4.79 Å². The SMILES string of the molecule is COc1cccc(-c2noc(C(C)NC(=O)C(C)C3CNC3)n2)c1.Cl. The number of ether oxygens (including phenoxy) is 1. The Bertz CT molecular complexity index is 717. The highest BCUT2D eigenvalue weighted by Gasteiger charge is 2.30. The molecule has 0 radical (unpaired) electrons. The van der Waals surface area contributed by atoms with Crippen molar-refractivity contribution in [3.63, 3.8) is 0 Å². The lowest BCUT2D eigenvalue weighted by molar-refractivity contribution is -0.127. The molecule has 1 aromatic carbocycles. The number of carbonyl (C=O) groups excluding carboxylic acids is 1. The van der Waals surface area contributed by atoms with Crippen LogP contribution in [0.1, 0.15) is 25.8 Å². The van der Waals surface area contributed by atoms with E-state index in [1.165, 1.54) is 0 Å². The van der Waals surface area contributed by atoms with Gasteiger partial charge in [-0.15, -0.1) is 12.4 Å². The lowest BCUT2D eigenvalue weighted by atomic mass is 9.88. The van der Waals surface area contributed by atoms with Gasteiger partial charge in [-0.05, 0) is 38.1 Å². The van der Waals surface area contributed by atoms with Gasteiger partial charge >= 0.3 is 0 Å². The predicted octanol–water partition coefficient (Wildman–Crippen LogP) is 2.20. The number of nitrogens with one attached hydrogen (secondary N) is 2. The molecule has 0 bridgehead atoms. The zero-order valence-electron chi connectivity index (χ0n) is 14.5. The molecule has 2 N–H and O–H groups in total. The van der Waals surface area contributed by atoms with Gasteiger partial charge in [0.05, 0.1) is 7.11 Å². The molecule has 7 nitrogen and oxygen atoms in total. The minimum absolute atomic E-state index is 0. The summed E-state index contributed by atoms with van der Waals surface area (Å²) in [5.41, 5.74) is 0.803. The van der Waals surface area contributed by atoms with Gasteiger partial charge in [-0.25, -0.2) is 0 Å². The second kappa shape index (κ2) is 8.31. The fraction of sp³-hybridized carbons (Fsp3) is 0.471.